The van der Waals surface area contributed by atoms with Crippen molar-refractivity contribution in [3.05, 3.63) is 57.5 Å². The molecule has 0 aliphatic rings. The molecule has 1 aromatic heterocycles. The maximum Gasteiger partial charge on any atom is 0.323 e. The number of carboxylic acids is 1. The molecule has 2 N–H and O–H groups in total. The predicted octanol–water partition coefficient (Wildman–Crippen LogP) is 1.15. The molecule has 1 heterocycles. The first-order chi connectivity index (χ1) is 9.97. The van der Waals surface area contributed by atoms with E-state index in [2.05, 4.69) is 10.2 Å². The molecule has 108 valence electrons. The number of hydrogen-bond acceptors (Lipinski definition) is 4. The number of hydrogen-bond donors (Lipinski definition) is 2. The van der Waals surface area contributed by atoms with Gasteiger partial charge in [-0.3, -0.25) is 19.3 Å². The Bertz CT molecular complexity index is 706. The fourth-order valence-electron chi connectivity index (χ4n) is 1.64. The van der Waals surface area contributed by atoms with Gasteiger partial charge in [-0.05, 0) is 30.3 Å². The van der Waals surface area contributed by atoms with Crippen LogP contribution in [0.25, 0.3) is 0 Å². The molecule has 2 aromatic rings. The second-order valence-corrected chi connectivity index (χ2v) is 4.50. The number of aromatic nitrogens is 2. The summed E-state index contributed by atoms with van der Waals surface area (Å²) in [6, 6.07) is 8.50. The molecule has 0 aliphatic carbocycles. The van der Waals surface area contributed by atoms with Crippen molar-refractivity contribution in [2.45, 2.75) is 0 Å². The summed E-state index contributed by atoms with van der Waals surface area (Å²) in [7, 11) is 0. The van der Waals surface area contributed by atoms with Gasteiger partial charge in [0.05, 0.1) is 0 Å². The van der Waals surface area contributed by atoms with Gasteiger partial charge in [-0.25, -0.2) is 5.10 Å². The topological polar surface area (TPSA) is 103 Å². The van der Waals surface area contributed by atoms with Gasteiger partial charge in [-0.2, -0.15) is 5.10 Å². The van der Waals surface area contributed by atoms with Crippen LogP contribution in [0, 0.1) is 0 Å². The van der Waals surface area contributed by atoms with E-state index in [-0.39, 0.29) is 5.69 Å². The fourth-order valence-corrected chi connectivity index (χ4v) is 1.76. The van der Waals surface area contributed by atoms with E-state index < -0.39 is 24.0 Å². The number of nitrogens with zero attached hydrogens (tertiary/aromatic N) is 2. The van der Waals surface area contributed by atoms with Crippen molar-refractivity contribution >= 4 is 29.2 Å². The Morgan fingerprint density at radius 1 is 1.19 bits per heavy atom. The highest BCUT2D eigenvalue weighted by molar-refractivity contribution is 6.30. The maximum atomic E-state index is 12.3. The van der Waals surface area contributed by atoms with E-state index in [1.165, 1.54) is 18.2 Å². The summed E-state index contributed by atoms with van der Waals surface area (Å²) in [5.74, 6) is -1.82. The number of benzene rings is 1. The van der Waals surface area contributed by atoms with Crippen molar-refractivity contribution in [3.63, 3.8) is 0 Å². The molecule has 21 heavy (non-hydrogen) atoms. The quantitative estimate of drug-likeness (QED) is 0.882. The molecule has 0 spiro atoms. The Kier molecular flexibility index (Phi) is 4.34. The Morgan fingerprint density at radius 2 is 1.86 bits per heavy atom. The second kappa shape index (κ2) is 6.19. The van der Waals surface area contributed by atoms with Gasteiger partial charge in [-0.1, -0.05) is 11.6 Å². The minimum absolute atomic E-state index is 0.0641. The van der Waals surface area contributed by atoms with Crippen LogP contribution in [0.5, 0.6) is 0 Å². The number of halogens is 1. The van der Waals surface area contributed by atoms with Crippen molar-refractivity contribution in [2.24, 2.45) is 0 Å². The highest BCUT2D eigenvalue weighted by Gasteiger charge is 2.21. The summed E-state index contributed by atoms with van der Waals surface area (Å²) >= 11 is 5.76. The summed E-state index contributed by atoms with van der Waals surface area (Å²) in [5.41, 5.74) is -0.159. The van der Waals surface area contributed by atoms with Gasteiger partial charge in [0.15, 0.2) is 0 Å². The van der Waals surface area contributed by atoms with Crippen molar-refractivity contribution < 1.29 is 14.7 Å². The zero-order valence-electron chi connectivity index (χ0n) is 10.6. The van der Waals surface area contributed by atoms with Crippen LogP contribution in [0.2, 0.25) is 5.02 Å². The van der Waals surface area contributed by atoms with E-state index in [1.54, 1.807) is 12.1 Å². The van der Waals surface area contributed by atoms with Crippen LogP contribution in [0.15, 0.2) is 41.2 Å². The van der Waals surface area contributed by atoms with Crippen LogP contribution >= 0.6 is 11.6 Å². The van der Waals surface area contributed by atoms with Gasteiger partial charge < -0.3 is 5.11 Å². The first-order valence-corrected chi connectivity index (χ1v) is 6.20. The Labute approximate surface area is 123 Å². The molecular weight excluding hydrogens is 298 g/mol. The molecule has 0 saturated carbocycles. The number of rotatable bonds is 4. The Morgan fingerprint density at radius 3 is 2.38 bits per heavy atom. The van der Waals surface area contributed by atoms with E-state index in [9.17, 15) is 14.4 Å². The number of aromatic amines is 1. The van der Waals surface area contributed by atoms with Crippen LogP contribution in [0.4, 0.5) is 5.69 Å². The number of anilines is 1. The smallest absolute Gasteiger partial charge is 0.323 e. The van der Waals surface area contributed by atoms with E-state index in [4.69, 9.17) is 16.7 Å². The third kappa shape index (κ3) is 3.67. The number of carbonyl (C=O) groups is 2. The third-order valence-corrected chi connectivity index (χ3v) is 2.83. The number of H-pyrrole nitrogens is 1. The molecular formula is C13H10ClN3O4. The highest BCUT2D eigenvalue weighted by Crippen LogP contribution is 2.19. The lowest BCUT2D eigenvalue weighted by Gasteiger charge is -2.20. The lowest BCUT2D eigenvalue weighted by molar-refractivity contribution is -0.135. The number of nitrogens with one attached hydrogen (secondary N) is 1. The lowest BCUT2D eigenvalue weighted by Crippen LogP contribution is -2.36. The maximum absolute atomic E-state index is 12.3. The SMILES string of the molecule is O=C(O)CN(C(=O)c1ccc(=O)[nH]n1)c1ccc(Cl)cc1. The number of aliphatic carboxylic acids is 1. The van der Waals surface area contributed by atoms with Crippen LogP contribution in [-0.4, -0.2) is 33.7 Å². The van der Waals surface area contributed by atoms with Crippen molar-refractivity contribution in [3.8, 4) is 0 Å². The van der Waals surface area contributed by atoms with Crippen LogP contribution in [0.1, 0.15) is 10.5 Å². The minimum atomic E-state index is -1.18. The molecule has 2 rings (SSSR count). The normalized spacial score (nSPS) is 10.1. The van der Waals surface area contributed by atoms with Gasteiger partial charge in [0, 0.05) is 16.8 Å². The molecule has 1 amide bonds. The molecule has 0 saturated heterocycles. The van der Waals surface area contributed by atoms with Crippen molar-refractivity contribution in [1.29, 1.82) is 0 Å². The highest BCUT2D eigenvalue weighted by atomic mass is 35.5. The van der Waals surface area contributed by atoms with E-state index in [0.717, 1.165) is 11.0 Å². The van der Waals surface area contributed by atoms with Gasteiger partial charge in [0.2, 0.25) is 0 Å². The lowest BCUT2D eigenvalue weighted by atomic mass is 10.2. The molecule has 0 aliphatic heterocycles. The van der Waals surface area contributed by atoms with Crippen LogP contribution in [-0.2, 0) is 4.79 Å². The molecule has 0 unspecified atom stereocenters. The third-order valence-electron chi connectivity index (χ3n) is 2.58. The Balaban J connectivity index is 2.37. The predicted molar refractivity (Wildman–Crippen MR) is 75.6 cm³/mol. The first-order valence-electron chi connectivity index (χ1n) is 5.82. The molecule has 0 radical (unpaired) electrons. The fraction of sp³-hybridized carbons (Fsp3) is 0.0769. The largest absolute Gasteiger partial charge is 0.480 e. The standard InChI is InChI=1S/C13H10ClN3O4/c14-8-1-3-9(4-2-8)17(7-12(19)20)13(21)10-5-6-11(18)16-15-10/h1-6H,7H2,(H,16,18)(H,19,20). The molecule has 0 atom stereocenters. The number of carbonyl (C=O) groups excluding carboxylic acids is 1. The van der Waals surface area contributed by atoms with Gasteiger partial charge in [0.25, 0.3) is 11.5 Å². The van der Waals surface area contributed by atoms with E-state index in [0.29, 0.717) is 10.7 Å². The number of amides is 1. The van der Waals surface area contributed by atoms with Gasteiger partial charge >= 0.3 is 5.97 Å². The van der Waals surface area contributed by atoms with Gasteiger partial charge in [0.1, 0.15) is 12.2 Å². The Hall–Kier alpha value is -2.67. The summed E-state index contributed by atoms with van der Waals surface area (Å²) in [5, 5.41) is 15.1. The molecule has 0 fully saturated rings. The summed E-state index contributed by atoms with van der Waals surface area (Å²) < 4.78 is 0. The average molecular weight is 308 g/mol. The molecule has 8 heteroatoms. The van der Waals surface area contributed by atoms with Crippen LogP contribution < -0.4 is 10.5 Å². The molecule has 0 bridgehead atoms. The molecule has 7 nitrogen and oxygen atoms in total. The first kappa shape index (κ1) is 14.7. The zero-order chi connectivity index (χ0) is 15.4. The molecule has 1 aromatic carbocycles. The minimum Gasteiger partial charge on any atom is -0.480 e. The van der Waals surface area contributed by atoms with Crippen molar-refractivity contribution in [2.75, 3.05) is 11.4 Å². The zero-order valence-corrected chi connectivity index (χ0v) is 11.4. The van der Waals surface area contributed by atoms with E-state index in [1.807, 2.05) is 0 Å². The average Bonchev–Trinajstić information content (AvgIpc) is 2.46. The van der Waals surface area contributed by atoms with Crippen LogP contribution in [0.3, 0.4) is 0 Å². The number of carboxylic acid groups (broad SMARTS) is 1. The van der Waals surface area contributed by atoms with E-state index >= 15 is 0 Å². The summed E-state index contributed by atoms with van der Waals surface area (Å²) in [4.78, 5) is 35.2. The van der Waals surface area contributed by atoms with Gasteiger partial charge in [-0.15, -0.1) is 0 Å². The summed E-state index contributed by atoms with van der Waals surface area (Å²) in [6.45, 7) is -0.540. The monoisotopic (exact) mass is 307 g/mol. The van der Waals surface area contributed by atoms with Crippen molar-refractivity contribution in [1.82, 2.24) is 10.2 Å². The second-order valence-electron chi connectivity index (χ2n) is 4.07. The summed E-state index contributed by atoms with van der Waals surface area (Å²) in [6.07, 6.45) is 0.